The van der Waals surface area contributed by atoms with Crippen molar-refractivity contribution < 1.29 is 9.21 Å². The minimum atomic E-state index is 0.0689. The maximum Gasteiger partial charge on any atom is 0.237 e. The molecule has 3 nitrogen and oxygen atoms in total. The Morgan fingerprint density at radius 2 is 2.00 bits per heavy atom. The van der Waals surface area contributed by atoms with Gasteiger partial charge in [-0.3, -0.25) is 4.79 Å². The molecule has 1 atom stereocenters. The molecule has 16 heavy (non-hydrogen) atoms. The van der Waals surface area contributed by atoms with Crippen LogP contribution in [0, 0.1) is 0 Å². The number of hydrogen-bond donors (Lipinski definition) is 1. The van der Waals surface area contributed by atoms with E-state index in [1.165, 1.54) is 18.4 Å². The fourth-order valence-corrected chi connectivity index (χ4v) is 3.00. The third kappa shape index (κ3) is 1.67. The standard InChI is InChI=1S/C12H14INO2/c13-8-5-6-10-11(14-12(8)15)7-3-1-2-4-9(7)16-10/h8H,1-6H2,(H,14,15). The van der Waals surface area contributed by atoms with Gasteiger partial charge in [0.05, 0.1) is 9.61 Å². The minimum Gasteiger partial charge on any atom is -0.464 e. The molecule has 0 saturated carbocycles. The highest BCUT2D eigenvalue weighted by Gasteiger charge is 2.28. The van der Waals surface area contributed by atoms with Crippen molar-refractivity contribution in [2.24, 2.45) is 0 Å². The second kappa shape index (κ2) is 4.05. The molecule has 0 spiro atoms. The summed E-state index contributed by atoms with van der Waals surface area (Å²) >= 11 is 2.21. The number of fused-ring (bicyclic) bond motifs is 3. The molecule has 86 valence electrons. The SMILES string of the molecule is O=C1Nc2c(oc3c2CCCC3)CCC1I. The molecule has 2 heterocycles. The van der Waals surface area contributed by atoms with Crippen LogP contribution in [0.1, 0.15) is 36.3 Å². The zero-order valence-corrected chi connectivity index (χ0v) is 11.2. The van der Waals surface area contributed by atoms with E-state index in [0.29, 0.717) is 0 Å². The number of nitrogens with one attached hydrogen (secondary N) is 1. The molecule has 1 N–H and O–H groups in total. The van der Waals surface area contributed by atoms with Crippen molar-refractivity contribution in [1.29, 1.82) is 0 Å². The predicted octanol–water partition coefficient (Wildman–Crippen LogP) is 2.85. The van der Waals surface area contributed by atoms with Crippen LogP contribution in [-0.4, -0.2) is 9.83 Å². The minimum absolute atomic E-state index is 0.0689. The first-order valence-electron chi connectivity index (χ1n) is 5.84. The van der Waals surface area contributed by atoms with Gasteiger partial charge in [0.1, 0.15) is 11.5 Å². The lowest BCUT2D eigenvalue weighted by Gasteiger charge is -2.11. The Hall–Kier alpha value is -0.520. The largest absolute Gasteiger partial charge is 0.464 e. The molecule has 0 radical (unpaired) electrons. The van der Waals surface area contributed by atoms with E-state index in [2.05, 4.69) is 27.9 Å². The fraction of sp³-hybridized carbons (Fsp3) is 0.583. The average molecular weight is 331 g/mol. The lowest BCUT2D eigenvalue weighted by atomic mass is 9.97. The summed E-state index contributed by atoms with van der Waals surface area (Å²) in [5.74, 6) is 2.25. The Morgan fingerprint density at radius 3 is 2.88 bits per heavy atom. The van der Waals surface area contributed by atoms with Gasteiger partial charge in [-0.15, -0.1) is 0 Å². The van der Waals surface area contributed by atoms with Gasteiger partial charge in [0.15, 0.2) is 0 Å². The van der Waals surface area contributed by atoms with E-state index in [-0.39, 0.29) is 9.83 Å². The molecule has 1 unspecified atom stereocenters. The van der Waals surface area contributed by atoms with Crippen molar-refractivity contribution >= 4 is 34.2 Å². The summed E-state index contributed by atoms with van der Waals surface area (Å²) in [4.78, 5) is 11.8. The highest BCUT2D eigenvalue weighted by Crippen LogP contribution is 2.36. The third-order valence-corrected chi connectivity index (χ3v) is 4.59. The summed E-state index contributed by atoms with van der Waals surface area (Å²) < 4.78 is 5.96. The van der Waals surface area contributed by atoms with Gasteiger partial charge in [-0.2, -0.15) is 0 Å². The van der Waals surface area contributed by atoms with Crippen molar-refractivity contribution in [2.45, 2.75) is 42.4 Å². The second-order valence-electron chi connectivity index (χ2n) is 4.50. The van der Waals surface area contributed by atoms with E-state index in [9.17, 15) is 4.79 Å². The number of amides is 1. The van der Waals surface area contributed by atoms with E-state index in [1.54, 1.807) is 0 Å². The zero-order chi connectivity index (χ0) is 11.1. The van der Waals surface area contributed by atoms with Gasteiger partial charge >= 0.3 is 0 Å². The summed E-state index contributed by atoms with van der Waals surface area (Å²) in [6.07, 6.45) is 6.28. The number of aryl methyl sites for hydroxylation is 2. The normalized spacial score (nSPS) is 24.3. The first-order chi connectivity index (χ1) is 7.75. The predicted molar refractivity (Wildman–Crippen MR) is 70.1 cm³/mol. The Bertz CT molecular complexity index is 438. The number of rotatable bonds is 0. The van der Waals surface area contributed by atoms with Crippen LogP contribution in [0.4, 0.5) is 5.69 Å². The molecule has 0 fully saturated rings. The molecule has 3 rings (SSSR count). The Morgan fingerprint density at radius 1 is 1.19 bits per heavy atom. The van der Waals surface area contributed by atoms with Crippen LogP contribution in [0.3, 0.4) is 0 Å². The third-order valence-electron chi connectivity index (χ3n) is 3.40. The lowest BCUT2D eigenvalue weighted by molar-refractivity contribution is -0.115. The molecule has 1 aliphatic carbocycles. The molecule has 0 saturated heterocycles. The smallest absolute Gasteiger partial charge is 0.237 e. The molecule has 1 aliphatic heterocycles. The summed E-state index contributed by atoms with van der Waals surface area (Å²) in [6, 6.07) is 0. The number of halogens is 1. The van der Waals surface area contributed by atoms with Crippen LogP contribution in [0.25, 0.3) is 0 Å². The maximum absolute atomic E-state index is 11.8. The molecule has 4 heteroatoms. The van der Waals surface area contributed by atoms with E-state index in [1.807, 2.05) is 0 Å². The summed E-state index contributed by atoms with van der Waals surface area (Å²) in [7, 11) is 0. The monoisotopic (exact) mass is 331 g/mol. The van der Waals surface area contributed by atoms with Crippen molar-refractivity contribution in [2.75, 3.05) is 5.32 Å². The van der Waals surface area contributed by atoms with E-state index < -0.39 is 0 Å². The number of carbonyl (C=O) groups excluding carboxylic acids is 1. The quantitative estimate of drug-likeness (QED) is 0.587. The number of anilines is 1. The Balaban J connectivity index is 2.02. The molecular weight excluding hydrogens is 317 g/mol. The van der Waals surface area contributed by atoms with Crippen LogP contribution in [0.2, 0.25) is 0 Å². The first-order valence-corrected chi connectivity index (χ1v) is 7.08. The van der Waals surface area contributed by atoms with Crippen LogP contribution < -0.4 is 5.32 Å². The van der Waals surface area contributed by atoms with Gasteiger partial charge in [0.25, 0.3) is 0 Å². The highest BCUT2D eigenvalue weighted by atomic mass is 127. The molecule has 2 aliphatic rings. The second-order valence-corrected chi connectivity index (χ2v) is 6.01. The summed E-state index contributed by atoms with van der Waals surface area (Å²) in [6.45, 7) is 0. The van der Waals surface area contributed by atoms with E-state index in [0.717, 1.165) is 42.9 Å². The van der Waals surface area contributed by atoms with Crippen molar-refractivity contribution in [3.8, 4) is 0 Å². The van der Waals surface area contributed by atoms with E-state index >= 15 is 0 Å². The van der Waals surface area contributed by atoms with Crippen molar-refractivity contribution in [3.05, 3.63) is 17.1 Å². The Labute approximate surface area is 108 Å². The average Bonchev–Trinajstić information content (AvgIpc) is 2.58. The Kier molecular flexibility index (Phi) is 2.69. The first kappa shape index (κ1) is 10.6. The van der Waals surface area contributed by atoms with Gasteiger partial charge in [-0.25, -0.2) is 0 Å². The van der Waals surface area contributed by atoms with E-state index in [4.69, 9.17) is 4.42 Å². The van der Waals surface area contributed by atoms with Gasteiger partial charge < -0.3 is 9.73 Å². The zero-order valence-electron chi connectivity index (χ0n) is 9.01. The van der Waals surface area contributed by atoms with Crippen molar-refractivity contribution in [3.63, 3.8) is 0 Å². The number of alkyl halides is 1. The van der Waals surface area contributed by atoms with Crippen LogP contribution in [0.5, 0.6) is 0 Å². The van der Waals surface area contributed by atoms with Crippen LogP contribution in [0.15, 0.2) is 4.42 Å². The highest BCUT2D eigenvalue weighted by molar-refractivity contribution is 14.1. The van der Waals surface area contributed by atoms with Crippen LogP contribution >= 0.6 is 22.6 Å². The number of furan rings is 1. The molecule has 1 amide bonds. The van der Waals surface area contributed by atoms with Gasteiger partial charge in [-0.05, 0) is 25.7 Å². The molecule has 0 bridgehead atoms. The molecule has 1 aromatic heterocycles. The van der Waals surface area contributed by atoms with Crippen molar-refractivity contribution in [1.82, 2.24) is 0 Å². The lowest BCUT2D eigenvalue weighted by Crippen LogP contribution is -2.21. The summed E-state index contributed by atoms with van der Waals surface area (Å²) in [5, 5.41) is 3.04. The summed E-state index contributed by atoms with van der Waals surface area (Å²) in [5.41, 5.74) is 2.26. The van der Waals surface area contributed by atoms with Gasteiger partial charge in [0.2, 0.25) is 5.91 Å². The fourth-order valence-electron chi connectivity index (χ4n) is 2.53. The van der Waals surface area contributed by atoms with Gasteiger partial charge in [0, 0.05) is 18.4 Å². The molecule has 1 aromatic rings. The maximum atomic E-state index is 11.8. The van der Waals surface area contributed by atoms with Crippen LogP contribution in [-0.2, 0) is 24.1 Å². The topological polar surface area (TPSA) is 42.2 Å². The van der Waals surface area contributed by atoms with Gasteiger partial charge in [-0.1, -0.05) is 22.6 Å². The number of hydrogen-bond acceptors (Lipinski definition) is 2. The molecule has 0 aromatic carbocycles. The number of carbonyl (C=O) groups is 1. The molecular formula is C12H14INO2.